The van der Waals surface area contributed by atoms with Crippen molar-refractivity contribution in [3.63, 3.8) is 0 Å². The van der Waals surface area contributed by atoms with Gasteiger partial charge in [-0.25, -0.2) is 9.37 Å². The summed E-state index contributed by atoms with van der Waals surface area (Å²) in [5.41, 5.74) is 4.32. The van der Waals surface area contributed by atoms with E-state index in [0.29, 0.717) is 35.7 Å². The Hall–Kier alpha value is -4.10. The van der Waals surface area contributed by atoms with Gasteiger partial charge in [-0.2, -0.15) is 0 Å². The second-order valence-corrected chi connectivity index (χ2v) is 7.79. The summed E-state index contributed by atoms with van der Waals surface area (Å²) in [5.74, 6) is 0.186. The molecule has 0 aliphatic carbocycles. The molecule has 0 aliphatic rings. The number of nitrogens with one attached hydrogen (secondary N) is 1. The van der Waals surface area contributed by atoms with Crippen LogP contribution in [0.1, 0.15) is 16.7 Å². The Morgan fingerprint density at radius 1 is 1.00 bits per heavy atom. The number of rotatable bonds is 10. The summed E-state index contributed by atoms with van der Waals surface area (Å²) in [6, 6.07) is 21.6. The highest BCUT2D eigenvalue weighted by atomic mass is 19.1. The number of hydrogen-bond donors (Lipinski definition) is 2. The van der Waals surface area contributed by atoms with Crippen molar-refractivity contribution in [1.82, 2.24) is 9.97 Å². The predicted molar refractivity (Wildman–Crippen MR) is 131 cm³/mol. The minimum Gasteiger partial charge on any atom is -0.392 e. The van der Waals surface area contributed by atoms with Crippen LogP contribution in [0.3, 0.4) is 0 Å². The highest BCUT2D eigenvalue weighted by Gasteiger charge is 2.19. The number of benzene rings is 2. The quantitative estimate of drug-likeness (QED) is 0.341. The fourth-order valence-electron chi connectivity index (χ4n) is 3.79. The molecule has 1 amide bonds. The highest BCUT2D eigenvalue weighted by molar-refractivity contribution is 5.86. The van der Waals surface area contributed by atoms with E-state index in [1.807, 2.05) is 42.5 Å². The molecule has 34 heavy (non-hydrogen) atoms. The predicted octanol–water partition coefficient (Wildman–Crippen LogP) is 4.59. The van der Waals surface area contributed by atoms with Gasteiger partial charge in [0.25, 0.3) is 0 Å². The Kier molecular flexibility index (Phi) is 7.57. The van der Waals surface area contributed by atoms with Crippen LogP contribution in [0.15, 0.2) is 85.2 Å². The molecule has 0 aliphatic heterocycles. The van der Waals surface area contributed by atoms with Crippen LogP contribution in [-0.2, 0) is 24.4 Å². The molecule has 0 spiro atoms. The van der Waals surface area contributed by atoms with E-state index < -0.39 is 0 Å². The first-order valence-electron chi connectivity index (χ1n) is 11.0. The monoisotopic (exact) mass is 456 g/mol. The summed E-state index contributed by atoms with van der Waals surface area (Å²) in [6.07, 6.45) is 4.65. The third-order valence-corrected chi connectivity index (χ3v) is 5.40. The number of aliphatic hydroxyl groups is 1. The number of anilines is 2. The Balaban J connectivity index is 1.70. The maximum atomic E-state index is 13.6. The van der Waals surface area contributed by atoms with Crippen molar-refractivity contribution in [2.45, 2.75) is 19.6 Å². The molecule has 0 saturated heterocycles. The van der Waals surface area contributed by atoms with Crippen LogP contribution in [0.2, 0.25) is 0 Å². The van der Waals surface area contributed by atoms with Crippen LogP contribution in [-0.4, -0.2) is 28.0 Å². The fraction of sp³-hybridized carbons (Fsp3) is 0.148. The van der Waals surface area contributed by atoms with Crippen molar-refractivity contribution in [2.24, 2.45) is 0 Å². The number of pyridine rings is 2. The zero-order chi connectivity index (χ0) is 23.8. The van der Waals surface area contributed by atoms with Gasteiger partial charge in [-0.3, -0.25) is 9.78 Å². The minimum atomic E-state index is -0.284. The number of aromatic nitrogens is 2. The molecule has 0 radical (unpaired) electrons. The summed E-state index contributed by atoms with van der Waals surface area (Å²) in [5, 5.41) is 13.5. The summed E-state index contributed by atoms with van der Waals surface area (Å²) in [7, 11) is 0. The molecule has 0 bridgehead atoms. The van der Waals surface area contributed by atoms with Crippen LogP contribution >= 0.6 is 0 Å². The van der Waals surface area contributed by atoms with E-state index in [0.717, 1.165) is 23.1 Å². The second-order valence-electron chi connectivity index (χ2n) is 7.79. The lowest BCUT2D eigenvalue weighted by Crippen LogP contribution is -2.24. The number of aliphatic hydroxyl groups excluding tert-OH is 1. The Morgan fingerprint density at radius 3 is 2.53 bits per heavy atom. The molecule has 4 aromatic rings. The molecule has 2 aromatic heterocycles. The van der Waals surface area contributed by atoms with Gasteiger partial charge in [-0.05, 0) is 41.8 Å². The summed E-state index contributed by atoms with van der Waals surface area (Å²) in [4.78, 5) is 22.6. The van der Waals surface area contributed by atoms with E-state index in [-0.39, 0.29) is 19.0 Å². The lowest BCUT2D eigenvalue weighted by molar-refractivity contribution is -0.107. The van der Waals surface area contributed by atoms with Crippen molar-refractivity contribution in [3.8, 4) is 11.3 Å². The van der Waals surface area contributed by atoms with Gasteiger partial charge in [-0.1, -0.05) is 48.5 Å². The smallest absolute Gasteiger partial charge is 0.214 e. The van der Waals surface area contributed by atoms with Crippen molar-refractivity contribution < 1.29 is 14.3 Å². The number of carbonyl (C=O) groups excluding carboxylic acids is 1. The van der Waals surface area contributed by atoms with Crippen molar-refractivity contribution in [2.75, 3.05) is 16.8 Å². The van der Waals surface area contributed by atoms with E-state index >= 15 is 0 Å². The fourth-order valence-corrected chi connectivity index (χ4v) is 3.79. The van der Waals surface area contributed by atoms with Crippen LogP contribution in [0.25, 0.3) is 11.3 Å². The standard InChI is InChI=1S/C27H25FN4O2/c28-24-10-4-6-20(14-24)11-13-30-27-26(32(19-34)17-21-7-5-12-29-16-21)23(18-33)15-25(31-27)22-8-2-1-3-9-22/h1-10,12,14-16,19,33H,11,13,17-18H2,(H,30,31). The van der Waals surface area contributed by atoms with E-state index in [1.54, 1.807) is 30.6 Å². The van der Waals surface area contributed by atoms with Crippen LogP contribution in [0.5, 0.6) is 0 Å². The highest BCUT2D eigenvalue weighted by Crippen LogP contribution is 2.33. The van der Waals surface area contributed by atoms with Crippen molar-refractivity contribution >= 4 is 17.9 Å². The largest absolute Gasteiger partial charge is 0.392 e. The molecule has 0 atom stereocenters. The average molecular weight is 457 g/mol. The zero-order valence-corrected chi connectivity index (χ0v) is 18.6. The van der Waals surface area contributed by atoms with Gasteiger partial charge in [0, 0.05) is 30.1 Å². The van der Waals surface area contributed by atoms with Gasteiger partial charge in [0.15, 0.2) is 5.82 Å². The number of hydrogen-bond acceptors (Lipinski definition) is 5. The summed E-state index contributed by atoms with van der Waals surface area (Å²) >= 11 is 0. The van der Waals surface area contributed by atoms with E-state index in [9.17, 15) is 14.3 Å². The molecular weight excluding hydrogens is 431 g/mol. The molecule has 4 rings (SSSR count). The Bertz CT molecular complexity index is 1240. The Morgan fingerprint density at radius 2 is 1.82 bits per heavy atom. The molecule has 6 nitrogen and oxygen atoms in total. The van der Waals surface area contributed by atoms with Gasteiger partial charge >= 0.3 is 0 Å². The van der Waals surface area contributed by atoms with Gasteiger partial charge < -0.3 is 15.3 Å². The minimum absolute atomic E-state index is 0.270. The molecule has 0 saturated carbocycles. The van der Waals surface area contributed by atoms with Crippen molar-refractivity contribution in [1.29, 1.82) is 0 Å². The molecule has 2 N–H and O–H groups in total. The zero-order valence-electron chi connectivity index (χ0n) is 18.6. The number of carbonyl (C=O) groups is 1. The Labute approximate surface area is 197 Å². The molecule has 2 aromatic carbocycles. The van der Waals surface area contributed by atoms with Crippen LogP contribution < -0.4 is 10.2 Å². The van der Waals surface area contributed by atoms with Crippen LogP contribution in [0.4, 0.5) is 15.9 Å². The first-order chi connectivity index (χ1) is 16.7. The second kappa shape index (κ2) is 11.2. The van der Waals surface area contributed by atoms with Crippen molar-refractivity contribution in [3.05, 3.63) is 108 Å². The van der Waals surface area contributed by atoms with E-state index in [1.165, 1.54) is 17.0 Å². The lowest BCUT2D eigenvalue weighted by Gasteiger charge is -2.24. The molecule has 2 heterocycles. The normalized spacial score (nSPS) is 10.6. The topological polar surface area (TPSA) is 78.4 Å². The van der Waals surface area contributed by atoms with Gasteiger partial charge in [0.1, 0.15) is 5.82 Å². The third-order valence-electron chi connectivity index (χ3n) is 5.40. The summed E-state index contributed by atoms with van der Waals surface area (Å²) < 4.78 is 13.6. The maximum absolute atomic E-state index is 13.6. The first-order valence-corrected chi connectivity index (χ1v) is 11.0. The maximum Gasteiger partial charge on any atom is 0.214 e. The molecule has 172 valence electrons. The van der Waals surface area contributed by atoms with E-state index in [4.69, 9.17) is 4.98 Å². The SMILES string of the molecule is O=CN(Cc1cccnc1)c1c(CO)cc(-c2ccccc2)nc1NCCc1cccc(F)c1. The molecular formula is C27H25FN4O2. The van der Waals surface area contributed by atoms with Gasteiger partial charge in [0.2, 0.25) is 6.41 Å². The molecule has 7 heteroatoms. The lowest BCUT2D eigenvalue weighted by atomic mass is 10.1. The molecule has 0 unspecified atom stereocenters. The number of nitrogens with zero attached hydrogens (tertiary/aromatic N) is 3. The van der Waals surface area contributed by atoms with Gasteiger partial charge in [-0.15, -0.1) is 0 Å². The number of halogens is 1. The van der Waals surface area contributed by atoms with Gasteiger partial charge in [0.05, 0.1) is 24.5 Å². The molecule has 0 fully saturated rings. The number of amides is 1. The third kappa shape index (κ3) is 5.63. The average Bonchev–Trinajstić information content (AvgIpc) is 2.88. The van der Waals surface area contributed by atoms with Crippen LogP contribution in [0, 0.1) is 5.82 Å². The first kappa shape index (κ1) is 23.1. The van der Waals surface area contributed by atoms with E-state index in [2.05, 4.69) is 10.3 Å². The summed E-state index contributed by atoms with van der Waals surface area (Å²) in [6.45, 7) is 0.467.